The zero-order valence-electron chi connectivity index (χ0n) is 19.5. The highest BCUT2D eigenvalue weighted by Crippen LogP contribution is 2.33. The lowest BCUT2D eigenvalue weighted by molar-refractivity contribution is 0.552. The van der Waals surface area contributed by atoms with Gasteiger partial charge in [-0.3, -0.25) is 0 Å². The fourth-order valence-corrected chi connectivity index (χ4v) is 3.97. The molecular formula is C26H35BO2. The van der Waals surface area contributed by atoms with E-state index in [-0.39, 0.29) is 23.0 Å². The van der Waals surface area contributed by atoms with Crippen LogP contribution in [-0.4, -0.2) is 6.71 Å². The van der Waals surface area contributed by atoms with Gasteiger partial charge < -0.3 is 8.83 Å². The molecule has 0 saturated heterocycles. The minimum atomic E-state index is -0.0718. The Labute approximate surface area is 176 Å². The predicted octanol–water partition coefficient (Wildman–Crippen LogP) is 5.28. The van der Waals surface area contributed by atoms with Crippen LogP contribution in [0, 0.1) is 0 Å². The molecule has 29 heavy (non-hydrogen) atoms. The van der Waals surface area contributed by atoms with Crippen LogP contribution in [0.15, 0.2) is 57.8 Å². The van der Waals surface area contributed by atoms with E-state index in [1.807, 2.05) is 12.1 Å². The SMILES string of the molecule is CC(C)(C)c1cc(C(C)(C)C)c(B(c2ccco2)c2ccco2)c(C(C)(C)C)c1. The summed E-state index contributed by atoms with van der Waals surface area (Å²) in [4.78, 5) is 0. The molecule has 154 valence electrons. The Morgan fingerprint density at radius 3 is 1.31 bits per heavy atom. The van der Waals surface area contributed by atoms with Gasteiger partial charge in [-0.2, -0.15) is 0 Å². The van der Waals surface area contributed by atoms with Crippen LogP contribution in [-0.2, 0) is 16.2 Å². The molecule has 0 atom stereocenters. The topological polar surface area (TPSA) is 26.3 Å². The largest absolute Gasteiger partial charge is 0.478 e. The van der Waals surface area contributed by atoms with Crippen molar-refractivity contribution in [3.63, 3.8) is 0 Å². The van der Waals surface area contributed by atoms with Crippen molar-refractivity contribution in [2.24, 2.45) is 0 Å². The highest BCUT2D eigenvalue weighted by Gasteiger charge is 2.38. The molecule has 3 heteroatoms. The Hall–Kier alpha value is -2.16. The summed E-state index contributed by atoms with van der Waals surface area (Å²) in [6.07, 6.45) is 3.50. The first-order valence-electron chi connectivity index (χ1n) is 10.6. The van der Waals surface area contributed by atoms with E-state index in [0.29, 0.717) is 0 Å². The summed E-state index contributed by atoms with van der Waals surface area (Å²) in [5.74, 6) is 0. The third-order valence-electron chi connectivity index (χ3n) is 5.61. The van der Waals surface area contributed by atoms with Gasteiger partial charge in [-0.25, -0.2) is 0 Å². The van der Waals surface area contributed by atoms with E-state index in [0.717, 1.165) is 11.3 Å². The number of furan rings is 2. The maximum Gasteiger partial charge on any atom is 0.332 e. The normalized spacial score (nSPS) is 13.0. The smallest absolute Gasteiger partial charge is 0.332 e. The Balaban J connectivity index is 2.45. The molecule has 3 aromatic rings. The van der Waals surface area contributed by atoms with E-state index in [1.54, 1.807) is 12.5 Å². The van der Waals surface area contributed by atoms with Crippen molar-refractivity contribution in [2.75, 3.05) is 0 Å². The highest BCUT2D eigenvalue weighted by atomic mass is 16.3. The fraction of sp³-hybridized carbons (Fsp3) is 0.462. The summed E-state index contributed by atoms with van der Waals surface area (Å²) in [7, 11) is 0. The number of rotatable bonds is 3. The van der Waals surface area contributed by atoms with Gasteiger partial charge in [0.15, 0.2) is 0 Å². The van der Waals surface area contributed by atoms with Gasteiger partial charge in [0.05, 0.1) is 23.8 Å². The van der Waals surface area contributed by atoms with Crippen molar-refractivity contribution in [1.29, 1.82) is 0 Å². The maximum absolute atomic E-state index is 5.95. The zero-order chi connectivity index (χ0) is 21.6. The summed E-state index contributed by atoms with van der Waals surface area (Å²) in [6.45, 7) is 20.6. The molecule has 2 heterocycles. The lowest BCUT2D eigenvalue weighted by Crippen LogP contribution is -2.56. The molecule has 0 radical (unpaired) electrons. The van der Waals surface area contributed by atoms with Crippen molar-refractivity contribution in [3.05, 3.63) is 65.6 Å². The molecule has 3 rings (SSSR count). The van der Waals surface area contributed by atoms with Gasteiger partial charge in [-0.15, -0.1) is 0 Å². The number of benzene rings is 1. The van der Waals surface area contributed by atoms with Crippen LogP contribution in [0.2, 0.25) is 0 Å². The molecule has 0 spiro atoms. The van der Waals surface area contributed by atoms with Gasteiger partial charge in [-0.05, 0) is 57.2 Å². The fourth-order valence-electron chi connectivity index (χ4n) is 3.97. The molecule has 0 aliphatic carbocycles. The summed E-state index contributed by atoms with van der Waals surface area (Å²) in [5.41, 5.74) is 7.25. The molecule has 1 aromatic carbocycles. The second kappa shape index (κ2) is 7.27. The van der Waals surface area contributed by atoms with E-state index < -0.39 is 0 Å². The lowest BCUT2D eigenvalue weighted by Gasteiger charge is -2.35. The summed E-state index contributed by atoms with van der Waals surface area (Å²) in [6, 6.07) is 12.9. The van der Waals surface area contributed by atoms with Crippen molar-refractivity contribution in [1.82, 2.24) is 0 Å². The first kappa shape index (κ1) is 21.6. The van der Waals surface area contributed by atoms with Gasteiger partial charge in [0.2, 0.25) is 0 Å². The van der Waals surface area contributed by atoms with Gasteiger partial charge in [0.1, 0.15) is 0 Å². The van der Waals surface area contributed by atoms with Crippen molar-refractivity contribution in [3.8, 4) is 0 Å². The standard InChI is InChI=1S/C26H35BO2/c1-24(2,3)18-16-19(25(4,5)6)23(20(17-18)26(7,8)9)27(21-12-10-14-28-21)22-13-11-15-29-22/h10-17H,1-9H3. The van der Waals surface area contributed by atoms with Crippen molar-refractivity contribution in [2.45, 2.75) is 78.6 Å². The Bertz CT molecular complexity index is 875. The first-order valence-corrected chi connectivity index (χ1v) is 10.6. The summed E-state index contributed by atoms with van der Waals surface area (Å²) >= 11 is 0. The van der Waals surface area contributed by atoms with Gasteiger partial charge in [0.25, 0.3) is 0 Å². The van der Waals surface area contributed by atoms with E-state index in [2.05, 4.69) is 86.6 Å². The molecule has 0 aliphatic heterocycles. The van der Waals surface area contributed by atoms with Crippen molar-refractivity contribution >= 4 is 23.5 Å². The molecule has 0 fully saturated rings. The third-order valence-corrected chi connectivity index (χ3v) is 5.61. The molecule has 0 aliphatic rings. The number of hydrogen-bond donors (Lipinski definition) is 0. The predicted molar refractivity (Wildman–Crippen MR) is 125 cm³/mol. The Morgan fingerprint density at radius 1 is 0.621 bits per heavy atom. The second-order valence-electron chi connectivity index (χ2n) is 11.2. The summed E-state index contributed by atoms with van der Waals surface area (Å²) < 4.78 is 11.9. The average Bonchev–Trinajstić information content (AvgIpc) is 3.26. The number of hydrogen-bond acceptors (Lipinski definition) is 2. The average molecular weight is 390 g/mol. The van der Waals surface area contributed by atoms with Gasteiger partial charge in [-0.1, -0.05) is 79.9 Å². The van der Waals surface area contributed by atoms with Crippen LogP contribution in [0.3, 0.4) is 0 Å². The quantitative estimate of drug-likeness (QED) is 0.569. The monoisotopic (exact) mass is 390 g/mol. The van der Waals surface area contributed by atoms with Gasteiger partial charge >= 0.3 is 6.71 Å². The van der Waals surface area contributed by atoms with E-state index >= 15 is 0 Å². The summed E-state index contributed by atoms with van der Waals surface area (Å²) in [5, 5.41) is 0. The molecule has 0 amide bonds. The Kier molecular flexibility index (Phi) is 5.40. The second-order valence-corrected chi connectivity index (χ2v) is 11.2. The van der Waals surface area contributed by atoms with E-state index in [4.69, 9.17) is 8.83 Å². The van der Waals surface area contributed by atoms with E-state index in [9.17, 15) is 0 Å². The molecule has 0 unspecified atom stereocenters. The minimum absolute atomic E-state index is 0.0198. The molecule has 0 bridgehead atoms. The minimum Gasteiger partial charge on any atom is -0.478 e. The van der Waals surface area contributed by atoms with Crippen molar-refractivity contribution < 1.29 is 8.83 Å². The molecule has 2 nitrogen and oxygen atoms in total. The van der Waals surface area contributed by atoms with Crippen LogP contribution in [0.4, 0.5) is 0 Å². The highest BCUT2D eigenvalue weighted by molar-refractivity contribution is 6.94. The van der Waals surface area contributed by atoms with Crippen LogP contribution in [0.1, 0.15) is 79.0 Å². The van der Waals surface area contributed by atoms with E-state index in [1.165, 1.54) is 22.2 Å². The Morgan fingerprint density at radius 2 is 1.03 bits per heavy atom. The van der Waals surface area contributed by atoms with Crippen LogP contribution >= 0.6 is 0 Å². The van der Waals surface area contributed by atoms with Gasteiger partial charge in [0, 0.05) is 0 Å². The molecule has 0 saturated carbocycles. The maximum atomic E-state index is 5.95. The third kappa shape index (κ3) is 4.39. The van der Waals surface area contributed by atoms with Crippen LogP contribution in [0.5, 0.6) is 0 Å². The molecular weight excluding hydrogens is 355 g/mol. The van der Waals surface area contributed by atoms with Crippen LogP contribution in [0.25, 0.3) is 0 Å². The first-order chi connectivity index (χ1) is 13.3. The molecule has 0 N–H and O–H groups in total. The molecule has 2 aromatic heterocycles. The lowest BCUT2D eigenvalue weighted by atomic mass is 9.38. The van der Waals surface area contributed by atoms with Crippen LogP contribution < -0.4 is 16.8 Å². The zero-order valence-corrected chi connectivity index (χ0v) is 19.5.